The number of amides is 1. The van der Waals surface area contributed by atoms with Gasteiger partial charge in [0.2, 0.25) is 0 Å². The van der Waals surface area contributed by atoms with E-state index in [1.807, 2.05) is 0 Å². The maximum atomic E-state index is 13.4. The predicted octanol–water partition coefficient (Wildman–Crippen LogP) is 2.85. The highest BCUT2D eigenvalue weighted by molar-refractivity contribution is 6.30. The molecule has 0 saturated heterocycles. The molecular weight excluding hydrogens is 267 g/mol. The highest BCUT2D eigenvalue weighted by Gasteiger charge is 2.06. The second kappa shape index (κ2) is 6.29. The zero-order valence-corrected chi connectivity index (χ0v) is 10.8. The van der Waals surface area contributed by atoms with Gasteiger partial charge in [0.25, 0.3) is 5.91 Å². The number of nitrogens with one attached hydrogen (secondary N) is 1. The summed E-state index contributed by atoms with van der Waals surface area (Å²) in [4.78, 5) is 15.6. The van der Waals surface area contributed by atoms with Crippen LogP contribution in [0.2, 0.25) is 5.02 Å². The van der Waals surface area contributed by atoms with Gasteiger partial charge in [-0.15, -0.1) is 0 Å². The van der Waals surface area contributed by atoms with Gasteiger partial charge in [-0.1, -0.05) is 11.6 Å². The molecule has 0 aliphatic carbocycles. The average Bonchev–Trinajstić information content (AvgIpc) is 2.43. The van der Waals surface area contributed by atoms with Crippen molar-refractivity contribution in [2.75, 3.05) is 6.54 Å². The number of benzene rings is 1. The van der Waals surface area contributed by atoms with Gasteiger partial charge in [-0.2, -0.15) is 0 Å². The molecule has 0 bridgehead atoms. The average molecular weight is 279 g/mol. The van der Waals surface area contributed by atoms with Gasteiger partial charge >= 0.3 is 0 Å². The lowest BCUT2D eigenvalue weighted by molar-refractivity contribution is 0.0954. The van der Waals surface area contributed by atoms with Gasteiger partial charge in [0.15, 0.2) is 0 Å². The van der Waals surface area contributed by atoms with Crippen LogP contribution in [0, 0.1) is 5.82 Å². The standard InChI is InChI=1S/C14H12ClFN2O/c15-12-1-2-13(16)11(9-12)5-8-18-14(19)10-3-6-17-7-4-10/h1-4,6-7,9H,5,8H2,(H,18,19). The molecule has 0 fully saturated rings. The third-order valence-corrected chi connectivity index (χ3v) is 2.87. The second-order valence-corrected chi connectivity index (χ2v) is 4.41. The SMILES string of the molecule is O=C(NCCc1cc(Cl)ccc1F)c1ccncc1. The number of rotatable bonds is 4. The van der Waals surface area contributed by atoms with E-state index in [-0.39, 0.29) is 11.7 Å². The van der Waals surface area contributed by atoms with E-state index >= 15 is 0 Å². The molecule has 19 heavy (non-hydrogen) atoms. The van der Waals surface area contributed by atoms with Crippen molar-refractivity contribution >= 4 is 17.5 Å². The third-order valence-electron chi connectivity index (χ3n) is 2.63. The van der Waals surface area contributed by atoms with Crippen LogP contribution in [0.4, 0.5) is 4.39 Å². The molecule has 0 spiro atoms. The molecule has 1 N–H and O–H groups in total. The predicted molar refractivity (Wildman–Crippen MR) is 71.7 cm³/mol. The molecule has 0 aliphatic rings. The van der Waals surface area contributed by atoms with E-state index in [0.717, 1.165) is 0 Å². The van der Waals surface area contributed by atoms with E-state index in [1.54, 1.807) is 30.6 Å². The fourth-order valence-electron chi connectivity index (χ4n) is 1.65. The Balaban J connectivity index is 1.90. The first-order valence-electron chi connectivity index (χ1n) is 5.79. The van der Waals surface area contributed by atoms with E-state index in [2.05, 4.69) is 10.3 Å². The van der Waals surface area contributed by atoms with Gasteiger partial charge in [-0.05, 0) is 42.3 Å². The van der Waals surface area contributed by atoms with Gasteiger partial charge in [-0.3, -0.25) is 9.78 Å². The Kier molecular flexibility index (Phi) is 4.47. The van der Waals surface area contributed by atoms with E-state index in [4.69, 9.17) is 11.6 Å². The van der Waals surface area contributed by atoms with Gasteiger partial charge in [0.1, 0.15) is 5.82 Å². The normalized spacial score (nSPS) is 10.2. The van der Waals surface area contributed by atoms with Gasteiger partial charge in [0, 0.05) is 29.5 Å². The molecular formula is C14H12ClFN2O. The maximum Gasteiger partial charge on any atom is 0.251 e. The third kappa shape index (κ3) is 3.76. The monoisotopic (exact) mass is 278 g/mol. The summed E-state index contributed by atoms with van der Waals surface area (Å²) >= 11 is 5.79. The first kappa shape index (κ1) is 13.5. The number of hydrogen-bond donors (Lipinski definition) is 1. The topological polar surface area (TPSA) is 42.0 Å². The highest BCUT2D eigenvalue weighted by atomic mass is 35.5. The molecule has 2 rings (SSSR count). The minimum absolute atomic E-state index is 0.204. The highest BCUT2D eigenvalue weighted by Crippen LogP contribution is 2.15. The van der Waals surface area contributed by atoms with Crippen LogP contribution in [0.1, 0.15) is 15.9 Å². The van der Waals surface area contributed by atoms with Crippen molar-refractivity contribution in [2.24, 2.45) is 0 Å². The van der Waals surface area contributed by atoms with E-state index in [1.165, 1.54) is 12.1 Å². The van der Waals surface area contributed by atoms with Crippen molar-refractivity contribution in [3.8, 4) is 0 Å². The van der Waals surface area contributed by atoms with Gasteiger partial charge < -0.3 is 5.32 Å². The Morgan fingerprint density at radius 2 is 2.00 bits per heavy atom. The lowest BCUT2D eigenvalue weighted by atomic mass is 10.1. The summed E-state index contributed by atoms with van der Waals surface area (Å²) in [6.45, 7) is 0.346. The van der Waals surface area contributed by atoms with Crippen LogP contribution in [0.5, 0.6) is 0 Å². The minimum atomic E-state index is -0.317. The Morgan fingerprint density at radius 1 is 1.26 bits per heavy atom. The van der Waals surface area contributed by atoms with E-state index in [0.29, 0.717) is 29.1 Å². The van der Waals surface area contributed by atoms with Crippen LogP contribution in [0.15, 0.2) is 42.7 Å². The van der Waals surface area contributed by atoms with Crippen molar-refractivity contribution in [3.63, 3.8) is 0 Å². The molecule has 0 unspecified atom stereocenters. The Bertz CT molecular complexity index is 575. The molecule has 2 aromatic rings. The minimum Gasteiger partial charge on any atom is -0.352 e. The molecule has 1 aromatic carbocycles. The fraction of sp³-hybridized carbons (Fsp3) is 0.143. The van der Waals surface area contributed by atoms with Crippen LogP contribution in [-0.2, 0) is 6.42 Å². The first-order chi connectivity index (χ1) is 9.16. The summed E-state index contributed by atoms with van der Waals surface area (Å²) in [6.07, 6.45) is 3.49. The zero-order valence-electron chi connectivity index (χ0n) is 10.1. The first-order valence-corrected chi connectivity index (χ1v) is 6.17. The van der Waals surface area contributed by atoms with Crippen molar-refractivity contribution in [1.29, 1.82) is 0 Å². The summed E-state index contributed by atoms with van der Waals surface area (Å²) in [7, 11) is 0. The van der Waals surface area contributed by atoms with E-state index < -0.39 is 0 Å². The zero-order chi connectivity index (χ0) is 13.7. The fourth-order valence-corrected chi connectivity index (χ4v) is 1.85. The van der Waals surface area contributed by atoms with Gasteiger partial charge in [-0.25, -0.2) is 4.39 Å². The molecule has 3 nitrogen and oxygen atoms in total. The Hall–Kier alpha value is -1.94. The number of hydrogen-bond acceptors (Lipinski definition) is 2. The number of pyridine rings is 1. The molecule has 1 heterocycles. The molecule has 1 aromatic heterocycles. The molecule has 0 radical (unpaired) electrons. The van der Waals surface area contributed by atoms with Crippen LogP contribution in [0.3, 0.4) is 0 Å². The Labute approximate surface area is 115 Å². The summed E-state index contributed by atoms with van der Waals surface area (Å²) in [6, 6.07) is 7.62. The molecule has 0 atom stereocenters. The molecule has 0 aliphatic heterocycles. The second-order valence-electron chi connectivity index (χ2n) is 3.98. The van der Waals surface area contributed by atoms with Crippen LogP contribution in [-0.4, -0.2) is 17.4 Å². The summed E-state index contributed by atoms with van der Waals surface area (Å²) in [5, 5.41) is 3.20. The van der Waals surface area contributed by atoms with Crippen LogP contribution >= 0.6 is 11.6 Å². The number of carbonyl (C=O) groups is 1. The van der Waals surface area contributed by atoms with Crippen LogP contribution in [0.25, 0.3) is 0 Å². The summed E-state index contributed by atoms with van der Waals surface area (Å²) in [5.41, 5.74) is 1.02. The largest absolute Gasteiger partial charge is 0.352 e. The van der Waals surface area contributed by atoms with Crippen molar-refractivity contribution in [1.82, 2.24) is 10.3 Å². The van der Waals surface area contributed by atoms with E-state index in [9.17, 15) is 9.18 Å². The molecule has 98 valence electrons. The van der Waals surface area contributed by atoms with Crippen LogP contribution < -0.4 is 5.32 Å². The number of aromatic nitrogens is 1. The smallest absolute Gasteiger partial charge is 0.251 e. The van der Waals surface area contributed by atoms with Crippen molar-refractivity contribution < 1.29 is 9.18 Å². The van der Waals surface area contributed by atoms with Crippen molar-refractivity contribution in [3.05, 3.63) is 64.7 Å². The molecule has 0 saturated carbocycles. The Morgan fingerprint density at radius 3 is 2.74 bits per heavy atom. The van der Waals surface area contributed by atoms with Crippen molar-refractivity contribution in [2.45, 2.75) is 6.42 Å². The van der Waals surface area contributed by atoms with Gasteiger partial charge in [0.05, 0.1) is 0 Å². The lowest BCUT2D eigenvalue weighted by Gasteiger charge is -2.06. The summed E-state index contributed by atoms with van der Waals surface area (Å²) < 4.78 is 13.4. The number of halogens is 2. The maximum absolute atomic E-state index is 13.4. The summed E-state index contributed by atoms with van der Waals surface area (Å²) in [5.74, 6) is -0.521. The quantitative estimate of drug-likeness (QED) is 0.934. The lowest BCUT2D eigenvalue weighted by Crippen LogP contribution is -2.25. The molecule has 1 amide bonds. The number of nitrogens with zero attached hydrogens (tertiary/aromatic N) is 1. The molecule has 5 heteroatoms. The number of carbonyl (C=O) groups excluding carboxylic acids is 1.